The summed E-state index contributed by atoms with van der Waals surface area (Å²) in [5, 5.41) is 3.34. The first kappa shape index (κ1) is 13.6. The smallest absolute Gasteiger partial charge is 0.142 e. The largest absolute Gasteiger partial charge is 0.368 e. The Hall–Kier alpha value is -0.430. The average molecular weight is 334 g/mol. The summed E-state index contributed by atoms with van der Waals surface area (Å²) in [6, 6.07) is 0. The summed E-state index contributed by atoms with van der Waals surface area (Å²) in [7, 11) is 0. The van der Waals surface area contributed by atoms with Gasteiger partial charge in [0.15, 0.2) is 0 Å². The summed E-state index contributed by atoms with van der Waals surface area (Å²) in [6.45, 7) is 8.67. The van der Waals surface area contributed by atoms with Crippen LogP contribution in [0.5, 0.6) is 0 Å². The molecule has 1 N–H and O–H groups in total. The van der Waals surface area contributed by atoms with Crippen molar-refractivity contribution in [1.29, 1.82) is 0 Å². The molecule has 0 amide bonds. The van der Waals surface area contributed by atoms with Gasteiger partial charge in [-0.15, -0.1) is 0 Å². The highest BCUT2D eigenvalue weighted by atomic mass is 127. The molecule has 0 fully saturated rings. The first-order valence-electron chi connectivity index (χ1n) is 5.69. The van der Waals surface area contributed by atoms with E-state index in [4.69, 9.17) is 0 Å². The molecule has 1 aromatic rings. The first-order chi connectivity index (χ1) is 7.77. The van der Waals surface area contributed by atoms with Gasteiger partial charge in [0.1, 0.15) is 12.1 Å². The Morgan fingerprint density at radius 2 is 2.19 bits per heavy atom. The monoisotopic (exact) mass is 334 g/mol. The predicted octanol–water partition coefficient (Wildman–Crippen LogP) is 2.23. The van der Waals surface area contributed by atoms with Crippen LogP contribution in [0.1, 0.15) is 20.3 Å². The molecular formula is C11H19IN4. The van der Waals surface area contributed by atoms with Crippen LogP contribution in [-0.4, -0.2) is 41.0 Å². The third-order valence-corrected chi connectivity index (χ3v) is 3.16. The molecule has 0 radical (unpaired) electrons. The zero-order chi connectivity index (χ0) is 11.8. The fraction of sp³-hybridized carbons (Fsp3) is 0.636. The van der Waals surface area contributed by atoms with Crippen molar-refractivity contribution in [3.63, 3.8) is 0 Å². The summed E-state index contributed by atoms with van der Waals surface area (Å²) in [6.07, 6.45) is 4.60. The number of nitrogens with zero attached hydrogens (tertiary/aromatic N) is 3. The third kappa shape index (κ3) is 4.61. The Bertz CT molecular complexity index is 306. The van der Waals surface area contributed by atoms with Crippen LogP contribution in [0, 0.1) is 3.57 Å². The van der Waals surface area contributed by atoms with Gasteiger partial charge in [-0.1, -0.05) is 13.8 Å². The van der Waals surface area contributed by atoms with E-state index in [9.17, 15) is 0 Å². The Kier molecular flexibility index (Phi) is 6.63. The quantitative estimate of drug-likeness (QED) is 0.777. The average Bonchev–Trinajstić information content (AvgIpc) is 2.30. The van der Waals surface area contributed by atoms with Crippen LogP contribution in [-0.2, 0) is 0 Å². The first-order valence-corrected chi connectivity index (χ1v) is 6.77. The Labute approximate surface area is 111 Å². The van der Waals surface area contributed by atoms with Crippen molar-refractivity contribution >= 4 is 28.4 Å². The maximum Gasteiger partial charge on any atom is 0.142 e. The lowest BCUT2D eigenvalue weighted by atomic mass is 10.4. The molecule has 0 saturated heterocycles. The highest BCUT2D eigenvalue weighted by Gasteiger charge is 2.02. The maximum atomic E-state index is 4.20. The fourth-order valence-corrected chi connectivity index (χ4v) is 2.01. The zero-order valence-electron chi connectivity index (χ0n) is 9.91. The molecule has 0 unspecified atom stereocenters. The molecule has 4 nitrogen and oxygen atoms in total. The minimum absolute atomic E-state index is 0.931. The van der Waals surface area contributed by atoms with Crippen LogP contribution >= 0.6 is 22.6 Å². The van der Waals surface area contributed by atoms with E-state index in [1.54, 1.807) is 6.33 Å². The fourth-order valence-electron chi connectivity index (χ4n) is 1.52. The Morgan fingerprint density at radius 3 is 2.81 bits per heavy atom. The molecule has 5 heteroatoms. The third-order valence-electron chi connectivity index (χ3n) is 2.38. The molecule has 0 saturated carbocycles. The zero-order valence-corrected chi connectivity index (χ0v) is 12.1. The minimum atomic E-state index is 0.931. The van der Waals surface area contributed by atoms with Crippen LogP contribution in [0.3, 0.4) is 0 Å². The van der Waals surface area contributed by atoms with E-state index in [2.05, 4.69) is 56.6 Å². The topological polar surface area (TPSA) is 41.0 Å². The second-order valence-electron chi connectivity index (χ2n) is 3.58. The minimum Gasteiger partial charge on any atom is -0.368 e. The Morgan fingerprint density at radius 1 is 1.38 bits per heavy atom. The molecule has 0 aliphatic carbocycles. The van der Waals surface area contributed by atoms with E-state index in [1.807, 2.05) is 6.20 Å². The van der Waals surface area contributed by atoms with Crippen molar-refractivity contribution in [2.45, 2.75) is 20.3 Å². The van der Waals surface area contributed by atoms with Crippen LogP contribution in [0.25, 0.3) is 0 Å². The van der Waals surface area contributed by atoms with Crippen LogP contribution in [0.15, 0.2) is 12.5 Å². The lowest BCUT2D eigenvalue weighted by Gasteiger charge is -2.19. The lowest BCUT2D eigenvalue weighted by Crippen LogP contribution is -2.29. The van der Waals surface area contributed by atoms with E-state index < -0.39 is 0 Å². The van der Waals surface area contributed by atoms with Crippen molar-refractivity contribution in [2.75, 3.05) is 31.5 Å². The van der Waals surface area contributed by atoms with E-state index in [-0.39, 0.29) is 0 Å². The van der Waals surface area contributed by atoms with Crippen LogP contribution in [0.4, 0.5) is 5.82 Å². The van der Waals surface area contributed by atoms with Gasteiger partial charge in [0.2, 0.25) is 0 Å². The molecule has 0 aliphatic rings. The summed E-state index contributed by atoms with van der Waals surface area (Å²) in [4.78, 5) is 10.6. The highest BCUT2D eigenvalue weighted by molar-refractivity contribution is 14.1. The maximum absolute atomic E-state index is 4.20. The molecule has 1 heterocycles. The van der Waals surface area contributed by atoms with Crippen molar-refractivity contribution in [3.05, 3.63) is 16.1 Å². The van der Waals surface area contributed by atoms with Crippen molar-refractivity contribution in [3.8, 4) is 0 Å². The summed E-state index contributed by atoms with van der Waals surface area (Å²) in [5.41, 5.74) is 0. The lowest BCUT2D eigenvalue weighted by molar-refractivity contribution is 0.300. The van der Waals surface area contributed by atoms with Gasteiger partial charge in [0.05, 0.1) is 3.57 Å². The van der Waals surface area contributed by atoms with E-state index in [0.717, 1.165) is 29.0 Å². The number of halogens is 1. The van der Waals surface area contributed by atoms with E-state index in [1.165, 1.54) is 13.0 Å². The predicted molar refractivity (Wildman–Crippen MR) is 75.6 cm³/mol. The molecule has 0 bridgehead atoms. The van der Waals surface area contributed by atoms with Gasteiger partial charge < -0.3 is 10.2 Å². The second-order valence-corrected chi connectivity index (χ2v) is 4.74. The van der Waals surface area contributed by atoms with E-state index >= 15 is 0 Å². The molecule has 90 valence electrons. The number of nitrogens with one attached hydrogen (secondary N) is 1. The van der Waals surface area contributed by atoms with Crippen molar-refractivity contribution < 1.29 is 0 Å². The number of likely N-dealkylation sites (N-methyl/N-ethyl adjacent to an activating group) is 1. The second kappa shape index (κ2) is 7.78. The van der Waals surface area contributed by atoms with Gasteiger partial charge in [-0.25, -0.2) is 9.97 Å². The molecule has 16 heavy (non-hydrogen) atoms. The molecule has 1 rings (SSSR count). The number of hydrogen-bond acceptors (Lipinski definition) is 4. The number of hydrogen-bond donors (Lipinski definition) is 1. The van der Waals surface area contributed by atoms with Crippen LogP contribution in [0.2, 0.25) is 0 Å². The van der Waals surface area contributed by atoms with Gasteiger partial charge in [-0.2, -0.15) is 0 Å². The summed E-state index contributed by atoms with van der Waals surface area (Å²) in [5.74, 6) is 0.933. The summed E-state index contributed by atoms with van der Waals surface area (Å²) >= 11 is 2.24. The number of aromatic nitrogens is 2. The number of anilines is 1. The highest BCUT2D eigenvalue weighted by Crippen LogP contribution is 2.11. The molecule has 0 aromatic carbocycles. The van der Waals surface area contributed by atoms with E-state index in [0.29, 0.717) is 0 Å². The van der Waals surface area contributed by atoms with Gasteiger partial charge in [-0.05, 0) is 42.1 Å². The summed E-state index contributed by atoms with van der Waals surface area (Å²) < 4.78 is 1.07. The number of rotatable bonds is 7. The van der Waals surface area contributed by atoms with Gasteiger partial charge in [-0.3, -0.25) is 0 Å². The molecule has 0 atom stereocenters. The normalized spacial score (nSPS) is 10.8. The molecule has 0 aliphatic heterocycles. The van der Waals surface area contributed by atoms with Crippen LogP contribution < -0.4 is 5.32 Å². The molecule has 0 spiro atoms. The molecule has 1 aromatic heterocycles. The van der Waals surface area contributed by atoms with Crippen molar-refractivity contribution in [1.82, 2.24) is 14.9 Å². The van der Waals surface area contributed by atoms with Gasteiger partial charge in [0, 0.05) is 19.3 Å². The standard InChI is InChI=1S/C11H19IN4/c1-3-6-16(4-2)7-5-14-11-10(12)8-13-9-15-11/h8-9H,3-7H2,1-2H3,(H,13,14,15). The Balaban J connectivity index is 2.32. The van der Waals surface area contributed by atoms with Gasteiger partial charge in [0.25, 0.3) is 0 Å². The molecular weight excluding hydrogens is 315 g/mol. The van der Waals surface area contributed by atoms with Gasteiger partial charge >= 0.3 is 0 Å². The SMILES string of the molecule is CCCN(CC)CCNc1ncncc1I. The van der Waals surface area contributed by atoms with Crippen molar-refractivity contribution in [2.24, 2.45) is 0 Å².